The molecule has 0 saturated heterocycles. The topological polar surface area (TPSA) is 92.8 Å². The minimum atomic E-state index is -3.38. The molecule has 0 aliphatic carbocycles. The van der Waals surface area contributed by atoms with E-state index in [0.29, 0.717) is 17.7 Å². The van der Waals surface area contributed by atoms with Crippen LogP contribution in [0, 0.1) is 0 Å². The second-order valence-electron chi connectivity index (χ2n) is 7.74. The average molecular weight is 382 g/mol. The quantitative estimate of drug-likeness (QED) is 0.803. The van der Waals surface area contributed by atoms with E-state index in [2.05, 4.69) is 5.32 Å². The van der Waals surface area contributed by atoms with Crippen molar-refractivity contribution in [3.8, 4) is 0 Å². The molecular weight excluding hydrogens is 356 g/mol. The minimum absolute atomic E-state index is 0.206. The van der Waals surface area contributed by atoms with Gasteiger partial charge in [0.25, 0.3) is 5.91 Å². The van der Waals surface area contributed by atoms with E-state index in [1.54, 1.807) is 12.1 Å². The van der Waals surface area contributed by atoms with Crippen LogP contribution in [0.25, 0.3) is 0 Å². The molecule has 1 aliphatic heterocycles. The first kappa shape index (κ1) is 20.2. The molecule has 0 fully saturated rings. The number of nitrogens with zero attached hydrogens (tertiary/aromatic N) is 1. The van der Waals surface area contributed by atoms with Crippen molar-refractivity contribution in [2.45, 2.75) is 58.7 Å². The first-order valence-corrected chi connectivity index (χ1v) is 10.3. The van der Waals surface area contributed by atoms with Crippen LogP contribution in [-0.2, 0) is 26.0 Å². The lowest BCUT2D eigenvalue weighted by Crippen LogP contribution is -2.46. The zero-order chi connectivity index (χ0) is 19.9. The minimum Gasteiger partial charge on any atom is -0.449 e. The summed E-state index contributed by atoms with van der Waals surface area (Å²) in [6.45, 7) is 8.86. The molecule has 0 bridgehead atoms. The number of sulfonamides is 1. The molecule has 1 heterocycles. The van der Waals surface area contributed by atoms with Gasteiger partial charge in [-0.05, 0) is 64.8 Å². The fourth-order valence-electron chi connectivity index (χ4n) is 2.99. The van der Waals surface area contributed by atoms with Gasteiger partial charge in [-0.15, -0.1) is 0 Å². The van der Waals surface area contributed by atoms with Crippen molar-refractivity contribution in [1.29, 1.82) is 0 Å². The number of amides is 1. The predicted molar refractivity (Wildman–Crippen MR) is 99.7 cm³/mol. The molecule has 8 heteroatoms. The first-order chi connectivity index (χ1) is 11.8. The number of anilines is 1. The summed E-state index contributed by atoms with van der Waals surface area (Å²) in [7, 11) is -3.38. The van der Waals surface area contributed by atoms with Gasteiger partial charge in [-0.2, -0.15) is 0 Å². The number of hydrogen-bond acceptors (Lipinski definition) is 5. The summed E-state index contributed by atoms with van der Waals surface area (Å²) in [5.41, 5.74) is 1.22. The Balaban J connectivity index is 2.15. The summed E-state index contributed by atoms with van der Waals surface area (Å²) >= 11 is 0. The van der Waals surface area contributed by atoms with Crippen LogP contribution >= 0.6 is 0 Å². The van der Waals surface area contributed by atoms with Gasteiger partial charge in [0.05, 0.1) is 17.5 Å². The zero-order valence-electron chi connectivity index (χ0n) is 16.0. The normalized spacial score (nSPS) is 18.2. The van der Waals surface area contributed by atoms with E-state index in [1.165, 1.54) is 17.3 Å². The predicted octanol–water partition coefficient (Wildman–Crippen LogP) is 1.86. The molecule has 1 aliphatic rings. The van der Waals surface area contributed by atoms with Gasteiger partial charge in [-0.1, -0.05) is 0 Å². The number of fused-ring (bicyclic) bond motifs is 1. The fourth-order valence-corrected chi connectivity index (χ4v) is 4.25. The van der Waals surface area contributed by atoms with Crippen molar-refractivity contribution < 1.29 is 22.7 Å². The molecule has 2 atom stereocenters. The Bertz CT molecular complexity index is 826. The third kappa shape index (κ3) is 4.55. The van der Waals surface area contributed by atoms with E-state index in [1.807, 2.05) is 27.7 Å². The van der Waals surface area contributed by atoms with E-state index in [0.717, 1.165) is 11.8 Å². The highest BCUT2D eigenvalue weighted by Crippen LogP contribution is 2.34. The Kier molecular flexibility index (Phi) is 5.37. The van der Waals surface area contributed by atoms with Crippen LogP contribution in [0.4, 0.5) is 5.69 Å². The van der Waals surface area contributed by atoms with Crippen molar-refractivity contribution in [3.63, 3.8) is 0 Å². The first-order valence-electron chi connectivity index (χ1n) is 8.45. The average Bonchev–Trinajstić information content (AvgIpc) is 2.79. The molecule has 0 radical (unpaired) electrons. The highest BCUT2D eigenvalue weighted by molar-refractivity contribution is 7.92. The number of nitrogens with one attached hydrogen (secondary N) is 1. The summed E-state index contributed by atoms with van der Waals surface area (Å²) in [6, 6.07) is 4.55. The van der Waals surface area contributed by atoms with Gasteiger partial charge in [-0.25, -0.2) is 13.2 Å². The molecule has 0 spiro atoms. The molecule has 1 N–H and O–H groups in total. The Labute approximate surface area is 154 Å². The number of benzene rings is 1. The van der Waals surface area contributed by atoms with E-state index >= 15 is 0 Å². The molecule has 144 valence electrons. The van der Waals surface area contributed by atoms with Crippen molar-refractivity contribution in [1.82, 2.24) is 5.32 Å². The highest BCUT2D eigenvalue weighted by Gasteiger charge is 2.33. The van der Waals surface area contributed by atoms with Crippen molar-refractivity contribution >= 4 is 27.6 Å². The van der Waals surface area contributed by atoms with Gasteiger partial charge in [0.15, 0.2) is 6.10 Å². The van der Waals surface area contributed by atoms with Crippen molar-refractivity contribution in [3.05, 3.63) is 29.3 Å². The maximum atomic E-state index is 12.4. The van der Waals surface area contributed by atoms with Crippen LogP contribution in [0.1, 0.15) is 50.5 Å². The van der Waals surface area contributed by atoms with Crippen molar-refractivity contribution in [2.24, 2.45) is 0 Å². The van der Waals surface area contributed by atoms with Crippen LogP contribution in [0.3, 0.4) is 0 Å². The van der Waals surface area contributed by atoms with E-state index in [-0.39, 0.29) is 11.9 Å². The zero-order valence-corrected chi connectivity index (χ0v) is 16.8. The SMILES string of the molecule is C[C@H](OC(=O)c1ccc2c(c1)C[C@@H](C)N2S(C)(=O)=O)C(=O)NC(C)(C)C. The maximum absolute atomic E-state index is 12.4. The van der Waals surface area contributed by atoms with Gasteiger partial charge in [0.1, 0.15) is 0 Å². The Morgan fingerprint density at radius 2 is 1.92 bits per heavy atom. The van der Waals surface area contributed by atoms with Crippen molar-refractivity contribution in [2.75, 3.05) is 10.6 Å². The Morgan fingerprint density at radius 3 is 2.46 bits per heavy atom. The third-order valence-corrected chi connectivity index (χ3v) is 5.25. The van der Waals surface area contributed by atoms with Gasteiger partial charge in [0.2, 0.25) is 10.0 Å². The van der Waals surface area contributed by atoms with Crippen LogP contribution in [-0.4, -0.2) is 44.2 Å². The number of esters is 1. The standard InChI is InChI=1S/C18H26N2O5S/c1-11-9-14-10-13(7-8-15(14)20(11)26(6,23)24)17(22)25-12(2)16(21)19-18(3,4)5/h7-8,10-12H,9H2,1-6H3,(H,19,21)/t11-,12+/m1/s1. The third-order valence-electron chi connectivity index (χ3n) is 3.98. The van der Waals surface area contributed by atoms with E-state index < -0.39 is 27.6 Å². The summed E-state index contributed by atoms with van der Waals surface area (Å²) in [5, 5.41) is 2.76. The summed E-state index contributed by atoms with van der Waals surface area (Å²) in [4.78, 5) is 24.4. The van der Waals surface area contributed by atoms with Gasteiger partial charge < -0.3 is 10.1 Å². The molecule has 7 nitrogen and oxygen atoms in total. The van der Waals surface area contributed by atoms with Crippen LogP contribution in [0.2, 0.25) is 0 Å². The Hall–Kier alpha value is -2.09. The largest absolute Gasteiger partial charge is 0.449 e. The van der Waals surface area contributed by atoms with Crippen LogP contribution < -0.4 is 9.62 Å². The maximum Gasteiger partial charge on any atom is 0.338 e. The number of ether oxygens (including phenoxy) is 1. The van der Waals surface area contributed by atoms with E-state index in [9.17, 15) is 18.0 Å². The molecule has 0 saturated carbocycles. The molecule has 26 heavy (non-hydrogen) atoms. The van der Waals surface area contributed by atoms with Crippen LogP contribution in [0.5, 0.6) is 0 Å². The molecule has 1 aromatic carbocycles. The summed E-state index contributed by atoms with van der Waals surface area (Å²) in [5.74, 6) is -0.987. The number of carbonyl (C=O) groups is 2. The second-order valence-corrected chi connectivity index (χ2v) is 9.60. The van der Waals surface area contributed by atoms with Gasteiger partial charge in [0, 0.05) is 11.6 Å². The molecule has 2 rings (SSSR count). The molecule has 1 amide bonds. The van der Waals surface area contributed by atoms with Gasteiger partial charge in [-0.3, -0.25) is 9.10 Å². The summed E-state index contributed by atoms with van der Waals surface area (Å²) < 4.78 is 30.5. The summed E-state index contributed by atoms with van der Waals surface area (Å²) in [6.07, 6.45) is 0.751. The number of hydrogen-bond donors (Lipinski definition) is 1. The smallest absolute Gasteiger partial charge is 0.338 e. The van der Waals surface area contributed by atoms with Gasteiger partial charge >= 0.3 is 5.97 Å². The fraction of sp³-hybridized carbons (Fsp3) is 0.556. The number of carbonyl (C=O) groups excluding carboxylic acids is 2. The highest BCUT2D eigenvalue weighted by atomic mass is 32.2. The van der Waals surface area contributed by atoms with Crippen LogP contribution in [0.15, 0.2) is 18.2 Å². The lowest BCUT2D eigenvalue weighted by atomic mass is 10.1. The second kappa shape index (κ2) is 6.90. The number of rotatable bonds is 4. The van der Waals surface area contributed by atoms with E-state index in [4.69, 9.17) is 4.74 Å². The molecule has 1 aromatic rings. The Morgan fingerprint density at radius 1 is 1.31 bits per heavy atom. The molecule has 0 aromatic heterocycles. The monoisotopic (exact) mass is 382 g/mol. The molecular formula is C18H26N2O5S. The lowest BCUT2D eigenvalue weighted by Gasteiger charge is -2.23. The lowest BCUT2D eigenvalue weighted by molar-refractivity contribution is -0.130. The molecule has 0 unspecified atom stereocenters.